The quantitative estimate of drug-likeness (QED) is 0.934. The van der Waals surface area contributed by atoms with Crippen LogP contribution in [-0.2, 0) is 11.3 Å². The van der Waals surface area contributed by atoms with Gasteiger partial charge in [-0.3, -0.25) is 9.69 Å². The minimum Gasteiger partial charge on any atom is -0.440 e. The molecule has 1 N–H and O–H groups in total. The van der Waals surface area contributed by atoms with Gasteiger partial charge < -0.3 is 9.73 Å². The molecule has 0 atom stereocenters. The number of hydrogen-bond acceptors (Lipinski definition) is 5. The number of carbonyl (C=O) groups excluding carboxylic acids is 1. The summed E-state index contributed by atoms with van der Waals surface area (Å²) in [6.45, 7) is 8.41. The zero-order chi connectivity index (χ0) is 16.4. The van der Waals surface area contributed by atoms with Crippen molar-refractivity contribution in [2.24, 2.45) is 0 Å². The molecular weight excluding hydrogens is 310 g/mol. The van der Waals surface area contributed by atoms with Crippen LogP contribution in [0.3, 0.4) is 0 Å². The van der Waals surface area contributed by atoms with E-state index in [0.717, 1.165) is 54.7 Å². The third-order valence-electron chi connectivity index (χ3n) is 4.32. The van der Waals surface area contributed by atoms with Crippen LogP contribution in [0.25, 0.3) is 10.8 Å². The molecule has 2 aromatic rings. The molecule has 1 saturated heterocycles. The molecule has 1 amide bonds. The van der Waals surface area contributed by atoms with Crippen molar-refractivity contribution in [3.05, 3.63) is 28.5 Å². The maximum Gasteiger partial charge on any atom is 0.237 e. The van der Waals surface area contributed by atoms with Gasteiger partial charge in [-0.15, -0.1) is 11.3 Å². The predicted octanol–water partition coefficient (Wildman–Crippen LogP) is 3.12. The first-order valence-electron chi connectivity index (χ1n) is 8.03. The maximum atomic E-state index is 11.1. The van der Waals surface area contributed by atoms with Crippen molar-refractivity contribution < 1.29 is 9.21 Å². The van der Waals surface area contributed by atoms with Gasteiger partial charge in [0, 0.05) is 32.6 Å². The molecule has 3 heterocycles. The molecule has 0 aromatic carbocycles. The first-order chi connectivity index (χ1) is 11.0. The van der Waals surface area contributed by atoms with Crippen molar-refractivity contribution in [3.8, 4) is 10.8 Å². The Hall–Kier alpha value is -1.66. The molecule has 2 aromatic heterocycles. The van der Waals surface area contributed by atoms with Crippen LogP contribution in [0.4, 0.5) is 0 Å². The summed E-state index contributed by atoms with van der Waals surface area (Å²) in [5.74, 6) is 1.70. The molecule has 3 rings (SSSR count). The van der Waals surface area contributed by atoms with Crippen LogP contribution in [0.5, 0.6) is 0 Å². The van der Waals surface area contributed by atoms with Crippen LogP contribution in [0.15, 0.2) is 15.9 Å². The molecule has 124 valence electrons. The molecule has 0 radical (unpaired) electrons. The second-order valence-corrected chi connectivity index (χ2v) is 7.12. The summed E-state index contributed by atoms with van der Waals surface area (Å²) in [5.41, 5.74) is 2.23. The molecular formula is C17H23N3O2S. The number of rotatable bonds is 4. The number of nitrogens with zero attached hydrogens (tertiary/aromatic N) is 2. The van der Waals surface area contributed by atoms with Crippen LogP contribution in [0.1, 0.15) is 36.8 Å². The van der Waals surface area contributed by atoms with Crippen LogP contribution in [-0.4, -0.2) is 34.9 Å². The average Bonchev–Trinajstić information content (AvgIpc) is 3.07. The van der Waals surface area contributed by atoms with Gasteiger partial charge in [-0.05, 0) is 43.7 Å². The van der Waals surface area contributed by atoms with Crippen molar-refractivity contribution in [3.63, 3.8) is 0 Å². The van der Waals surface area contributed by atoms with Gasteiger partial charge in [0.2, 0.25) is 11.8 Å². The Labute approximate surface area is 140 Å². The number of thiophene rings is 1. The lowest BCUT2D eigenvalue weighted by Gasteiger charge is -2.31. The fourth-order valence-electron chi connectivity index (χ4n) is 3.00. The highest BCUT2D eigenvalue weighted by Gasteiger charge is 2.22. The number of piperidine rings is 1. The van der Waals surface area contributed by atoms with E-state index < -0.39 is 0 Å². The zero-order valence-corrected chi connectivity index (χ0v) is 14.7. The van der Waals surface area contributed by atoms with Gasteiger partial charge in [0.25, 0.3) is 0 Å². The topological polar surface area (TPSA) is 58.4 Å². The number of aryl methyl sites for hydroxylation is 2. The Morgan fingerprint density at radius 1 is 1.43 bits per heavy atom. The summed E-state index contributed by atoms with van der Waals surface area (Å²) in [4.78, 5) is 19.3. The zero-order valence-electron chi connectivity index (χ0n) is 13.9. The monoisotopic (exact) mass is 333 g/mol. The molecule has 0 saturated carbocycles. The highest BCUT2D eigenvalue weighted by atomic mass is 32.1. The summed E-state index contributed by atoms with van der Waals surface area (Å²) in [5, 5.41) is 5.07. The Bertz CT molecular complexity index is 684. The normalized spacial score (nSPS) is 16.7. The van der Waals surface area contributed by atoms with Gasteiger partial charge >= 0.3 is 0 Å². The van der Waals surface area contributed by atoms with Crippen molar-refractivity contribution in [2.45, 2.75) is 46.2 Å². The molecule has 1 aliphatic heterocycles. The van der Waals surface area contributed by atoms with Crippen molar-refractivity contribution >= 4 is 17.2 Å². The van der Waals surface area contributed by atoms with Gasteiger partial charge in [-0.2, -0.15) is 0 Å². The largest absolute Gasteiger partial charge is 0.440 e. The lowest BCUT2D eigenvalue weighted by Crippen LogP contribution is -2.43. The Kier molecular flexibility index (Phi) is 4.82. The smallest absolute Gasteiger partial charge is 0.237 e. The number of oxazole rings is 1. The van der Waals surface area contributed by atoms with E-state index in [-0.39, 0.29) is 5.91 Å². The van der Waals surface area contributed by atoms with Crippen molar-refractivity contribution in [1.29, 1.82) is 0 Å². The minimum atomic E-state index is 0.0618. The summed E-state index contributed by atoms with van der Waals surface area (Å²) < 4.78 is 5.87. The van der Waals surface area contributed by atoms with E-state index in [1.54, 1.807) is 18.3 Å². The van der Waals surface area contributed by atoms with Gasteiger partial charge in [-0.1, -0.05) is 0 Å². The van der Waals surface area contributed by atoms with E-state index in [1.807, 2.05) is 6.92 Å². The molecule has 23 heavy (non-hydrogen) atoms. The van der Waals surface area contributed by atoms with E-state index in [1.165, 1.54) is 5.56 Å². The summed E-state index contributed by atoms with van der Waals surface area (Å²) in [6, 6.07) is 2.40. The van der Waals surface area contributed by atoms with Crippen LogP contribution < -0.4 is 5.32 Å². The number of carbonyl (C=O) groups is 1. The first kappa shape index (κ1) is 16.2. The number of aromatic nitrogens is 1. The van der Waals surface area contributed by atoms with Crippen LogP contribution >= 0.6 is 11.3 Å². The predicted molar refractivity (Wildman–Crippen MR) is 91.4 cm³/mol. The second kappa shape index (κ2) is 6.84. The molecule has 5 nitrogen and oxygen atoms in total. The van der Waals surface area contributed by atoms with E-state index in [4.69, 9.17) is 9.40 Å². The van der Waals surface area contributed by atoms with Gasteiger partial charge in [0.15, 0.2) is 0 Å². The third kappa shape index (κ3) is 3.82. The van der Waals surface area contributed by atoms with Crippen LogP contribution in [0.2, 0.25) is 0 Å². The molecule has 0 bridgehead atoms. The maximum absolute atomic E-state index is 11.1. The average molecular weight is 333 g/mol. The Morgan fingerprint density at radius 3 is 2.78 bits per heavy atom. The molecule has 0 aliphatic carbocycles. The second-order valence-electron chi connectivity index (χ2n) is 6.21. The van der Waals surface area contributed by atoms with Gasteiger partial charge in [0.05, 0.1) is 10.6 Å². The number of hydrogen-bond donors (Lipinski definition) is 1. The lowest BCUT2D eigenvalue weighted by molar-refractivity contribution is -0.119. The van der Waals surface area contributed by atoms with E-state index in [2.05, 4.69) is 28.6 Å². The van der Waals surface area contributed by atoms with Crippen molar-refractivity contribution in [1.82, 2.24) is 15.2 Å². The summed E-state index contributed by atoms with van der Waals surface area (Å²) >= 11 is 1.67. The van der Waals surface area contributed by atoms with Gasteiger partial charge in [0.1, 0.15) is 5.76 Å². The summed E-state index contributed by atoms with van der Waals surface area (Å²) in [7, 11) is 0. The van der Waals surface area contributed by atoms with Gasteiger partial charge in [-0.25, -0.2) is 4.98 Å². The fraction of sp³-hybridized carbons (Fsp3) is 0.529. The highest BCUT2D eigenvalue weighted by Crippen LogP contribution is 2.30. The fourth-order valence-corrected chi connectivity index (χ4v) is 3.85. The van der Waals surface area contributed by atoms with Crippen LogP contribution in [0, 0.1) is 13.8 Å². The number of nitrogens with one attached hydrogen (secondary N) is 1. The van der Waals surface area contributed by atoms with E-state index >= 15 is 0 Å². The van der Waals surface area contributed by atoms with Crippen molar-refractivity contribution in [2.75, 3.05) is 13.1 Å². The lowest BCUT2D eigenvalue weighted by atomic mass is 10.0. The SMILES string of the molecule is CC(=O)NC1CCN(Cc2nc(-c3sccc3C)oc2C)CC1. The van der Waals surface area contributed by atoms with E-state index in [0.29, 0.717) is 6.04 Å². The molecule has 1 aliphatic rings. The molecule has 1 fully saturated rings. The third-order valence-corrected chi connectivity index (χ3v) is 5.32. The number of likely N-dealkylation sites (tertiary alicyclic amines) is 1. The standard InChI is InChI=1S/C17H23N3O2S/c1-11-6-9-23-16(11)17-19-15(12(2)22-17)10-20-7-4-14(5-8-20)18-13(3)21/h6,9,14H,4-5,7-8,10H2,1-3H3,(H,18,21). The Balaban J connectivity index is 1.62. The molecule has 0 spiro atoms. The molecule has 6 heteroatoms. The minimum absolute atomic E-state index is 0.0618. The Morgan fingerprint density at radius 2 is 2.17 bits per heavy atom. The first-order valence-corrected chi connectivity index (χ1v) is 8.91. The highest BCUT2D eigenvalue weighted by molar-refractivity contribution is 7.13. The summed E-state index contributed by atoms with van der Waals surface area (Å²) in [6.07, 6.45) is 1.99. The number of amides is 1. The molecule has 0 unspecified atom stereocenters. The van der Waals surface area contributed by atoms with E-state index in [9.17, 15) is 4.79 Å².